The number of nitrogens with zero attached hydrogens (tertiary/aromatic N) is 5. The molecule has 0 unspecified atom stereocenters. The van der Waals surface area contributed by atoms with Crippen molar-refractivity contribution in [2.45, 2.75) is 38.3 Å². The van der Waals surface area contributed by atoms with Crippen LogP contribution in [0.2, 0.25) is 0 Å². The fraction of sp³-hybridized carbons (Fsp3) is 0.417. The second kappa shape index (κ2) is 10.5. The van der Waals surface area contributed by atoms with Crippen molar-refractivity contribution in [3.05, 3.63) is 40.7 Å². The number of amides is 3. The summed E-state index contributed by atoms with van der Waals surface area (Å²) >= 11 is 0. The van der Waals surface area contributed by atoms with Crippen molar-refractivity contribution in [1.82, 2.24) is 14.9 Å². The van der Waals surface area contributed by atoms with Crippen LogP contribution >= 0.6 is 0 Å². The summed E-state index contributed by atoms with van der Waals surface area (Å²) in [6.07, 6.45) is 4.45. The number of fused-ring (bicyclic) bond motifs is 1. The SMILES string of the molecule is COc1cc(NC(=O)N2CCCc3cc(CN(C)C(=O)[C@H]4CCCO4)c(C=O)nc32)ncc1C#N. The molecule has 1 atom stereocenters. The minimum atomic E-state index is -0.465. The van der Waals surface area contributed by atoms with E-state index in [1.54, 1.807) is 11.9 Å². The van der Waals surface area contributed by atoms with Crippen molar-refractivity contribution < 1.29 is 23.9 Å². The largest absolute Gasteiger partial charge is 0.495 e. The highest BCUT2D eigenvalue weighted by atomic mass is 16.5. The van der Waals surface area contributed by atoms with Gasteiger partial charge >= 0.3 is 6.03 Å². The first-order valence-corrected chi connectivity index (χ1v) is 11.3. The molecule has 0 saturated carbocycles. The predicted molar refractivity (Wildman–Crippen MR) is 125 cm³/mol. The lowest BCUT2D eigenvalue weighted by atomic mass is 10.0. The second-order valence-corrected chi connectivity index (χ2v) is 8.40. The van der Waals surface area contributed by atoms with Gasteiger partial charge in [0.05, 0.1) is 13.3 Å². The molecule has 11 nitrogen and oxygen atoms in total. The number of rotatable bonds is 6. The number of anilines is 2. The molecule has 4 rings (SSSR count). The number of carbonyl (C=O) groups is 3. The molecule has 1 fully saturated rings. The number of aldehydes is 1. The summed E-state index contributed by atoms with van der Waals surface area (Å²) in [7, 11) is 3.10. The van der Waals surface area contributed by atoms with Gasteiger partial charge < -0.3 is 14.4 Å². The third-order valence-corrected chi connectivity index (χ3v) is 6.06. The molecule has 35 heavy (non-hydrogen) atoms. The quantitative estimate of drug-likeness (QED) is 0.624. The van der Waals surface area contributed by atoms with Gasteiger partial charge in [0, 0.05) is 38.4 Å². The Morgan fingerprint density at radius 3 is 2.91 bits per heavy atom. The van der Waals surface area contributed by atoms with E-state index in [2.05, 4.69) is 15.3 Å². The van der Waals surface area contributed by atoms with E-state index in [0.29, 0.717) is 55.8 Å². The fourth-order valence-corrected chi connectivity index (χ4v) is 4.27. The molecule has 0 radical (unpaired) electrons. The first-order valence-electron chi connectivity index (χ1n) is 11.3. The monoisotopic (exact) mass is 478 g/mol. The molecule has 0 aromatic carbocycles. The van der Waals surface area contributed by atoms with Gasteiger partial charge in [-0.1, -0.05) is 0 Å². The zero-order valence-corrected chi connectivity index (χ0v) is 19.6. The summed E-state index contributed by atoms with van der Waals surface area (Å²) in [4.78, 5) is 49.1. The maximum Gasteiger partial charge on any atom is 0.328 e. The van der Waals surface area contributed by atoms with E-state index in [4.69, 9.17) is 14.7 Å². The summed E-state index contributed by atoms with van der Waals surface area (Å²) in [5.41, 5.74) is 1.86. The van der Waals surface area contributed by atoms with E-state index in [-0.39, 0.29) is 29.5 Å². The molecule has 2 aromatic rings. The molecule has 2 aromatic heterocycles. The first kappa shape index (κ1) is 24.1. The molecule has 1 N–H and O–H groups in total. The molecular weight excluding hydrogens is 452 g/mol. The number of nitrogens with one attached hydrogen (secondary N) is 1. The maximum absolute atomic E-state index is 13.1. The van der Waals surface area contributed by atoms with Crippen molar-refractivity contribution in [2.75, 3.05) is 37.5 Å². The molecule has 4 heterocycles. The van der Waals surface area contributed by atoms with Crippen LogP contribution in [0.1, 0.15) is 46.4 Å². The molecular formula is C24H26N6O5. The molecule has 2 aliphatic heterocycles. The molecule has 3 amide bonds. The molecule has 2 aliphatic rings. The zero-order valence-electron chi connectivity index (χ0n) is 19.6. The molecule has 0 spiro atoms. The smallest absolute Gasteiger partial charge is 0.328 e. The van der Waals surface area contributed by atoms with Gasteiger partial charge in [-0.3, -0.25) is 19.8 Å². The maximum atomic E-state index is 13.1. The van der Waals surface area contributed by atoms with Crippen LogP contribution in [0.15, 0.2) is 18.3 Å². The summed E-state index contributed by atoms with van der Waals surface area (Å²) in [6.45, 7) is 1.20. The Hall–Kier alpha value is -4.04. The van der Waals surface area contributed by atoms with E-state index < -0.39 is 12.1 Å². The highest BCUT2D eigenvalue weighted by molar-refractivity contribution is 6.01. The van der Waals surface area contributed by atoms with Crippen LogP contribution in [0, 0.1) is 11.3 Å². The van der Waals surface area contributed by atoms with Crippen LogP contribution in [0.5, 0.6) is 5.75 Å². The van der Waals surface area contributed by atoms with Crippen molar-refractivity contribution >= 4 is 29.9 Å². The fourth-order valence-electron chi connectivity index (χ4n) is 4.27. The van der Waals surface area contributed by atoms with Crippen molar-refractivity contribution in [1.29, 1.82) is 5.26 Å². The van der Waals surface area contributed by atoms with E-state index in [0.717, 1.165) is 12.0 Å². The van der Waals surface area contributed by atoms with Crippen molar-refractivity contribution in [2.24, 2.45) is 0 Å². The first-order chi connectivity index (χ1) is 16.9. The van der Waals surface area contributed by atoms with Gasteiger partial charge in [-0.25, -0.2) is 14.8 Å². The van der Waals surface area contributed by atoms with Crippen LogP contribution in [-0.4, -0.2) is 66.5 Å². The lowest BCUT2D eigenvalue weighted by molar-refractivity contribution is -0.140. The molecule has 0 aliphatic carbocycles. The van der Waals surface area contributed by atoms with E-state index >= 15 is 0 Å². The number of pyridine rings is 2. The number of nitriles is 1. The minimum absolute atomic E-state index is 0.122. The lowest BCUT2D eigenvalue weighted by Crippen LogP contribution is -2.40. The van der Waals surface area contributed by atoms with Gasteiger partial charge in [-0.05, 0) is 37.3 Å². The van der Waals surface area contributed by atoms with Crippen molar-refractivity contribution in [3.63, 3.8) is 0 Å². The summed E-state index contributed by atoms with van der Waals surface area (Å²) in [5.74, 6) is 0.792. The van der Waals surface area contributed by atoms with Gasteiger partial charge in [-0.15, -0.1) is 0 Å². The standard InChI is InChI=1S/C24H26N6O5/c1-29(23(32)19-6-4-8-35-19)13-16-9-15-5-3-7-30(22(15)27-18(16)14-31)24(33)28-21-10-20(34-2)17(11-25)12-26-21/h9-10,12,14,19H,3-8,13H2,1-2H3,(H,26,28,33)/t19-/m1/s1. The van der Waals surface area contributed by atoms with E-state index in [1.165, 1.54) is 24.3 Å². The van der Waals surface area contributed by atoms with E-state index in [9.17, 15) is 14.4 Å². The number of likely N-dealkylation sites (N-methyl/N-ethyl adjacent to an activating group) is 1. The predicted octanol–water partition coefficient (Wildman–Crippen LogP) is 2.29. The molecule has 11 heteroatoms. The molecule has 1 saturated heterocycles. The molecule has 182 valence electrons. The Bertz CT molecular complexity index is 1190. The Balaban J connectivity index is 1.54. The van der Waals surface area contributed by atoms with Crippen LogP contribution in [0.4, 0.5) is 16.4 Å². The number of methoxy groups -OCH3 is 1. The Labute approximate surface area is 202 Å². The average Bonchev–Trinajstić information content (AvgIpc) is 3.42. The van der Waals surface area contributed by atoms with Crippen LogP contribution < -0.4 is 15.0 Å². The van der Waals surface area contributed by atoms with Gasteiger partial charge in [0.1, 0.15) is 40.8 Å². The summed E-state index contributed by atoms with van der Waals surface area (Å²) in [6, 6.07) is 4.82. The summed E-state index contributed by atoms with van der Waals surface area (Å²) < 4.78 is 10.7. The topological polar surface area (TPSA) is 138 Å². The Morgan fingerprint density at radius 1 is 1.40 bits per heavy atom. The highest BCUT2D eigenvalue weighted by Crippen LogP contribution is 2.29. The normalized spacial score (nSPS) is 16.7. The highest BCUT2D eigenvalue weighted by Gasteiger charge is 2.29. The third kappa shape index (κ3) is 5.07. The Kier molecular flexibility index (Phi) is 7.22. The van der Waals surface area contributed by atoms with Gasteiger partial charge in [0.25, 0.3) is 5.91 Å². The number of aromatic nitrogens is 2. The number of ether oxygens (including phenoxy) is 2. The number of hydrogen-bond acceptors (Lipinski definition) is 8. The van der Waals surface area contributed by atoms with Crippen LogP contribution in [0.3, 0.4) is 0 Å². The minimum Gasteiger partial charge on any atom is -0.495 e. The van der Waals surface area contributed by atoms with E-state index in [1.807, 2.05) is 12.1 Å². The van der Waals surface area contributed by atoms with Crippen LogP contribution in [0.25, 0.3) is 0 Å². The number of carbonyl (C=O) groups excluding carboxylic acids is 3. The lowest BCUT2D eigenvalue weighted by Gasteiger charge is -2.29. The second-order valence-electron chi connectivity index (χ2n) is 8.40. The third-order valence-electron chi connectivity index (χ3n) is 6.06. The van der Waals surface area contributed by atoms with Crippen LogP contribution in [-0.2, 0) is 22.5 Å². The number of aryl methyl sites for hydroxylation is 1. The average molecular weight is 479 g/mol. The van der Waals surface area contributed by atoms with Gasteiger partial charge in [-0.2, -0.15) is 5.26 Å². The molecule has 0 bridgehead atoms. The number of urea groups is 1. The van der Waals surface area contributed by atoms with Gasteiger partial charge in [0.2, 0.25) is 0 Å². The number of hydrogen-bond donors (Lipinski definition) is 1. The Morgan fingerprint density at radius 2 is 2.23 bits per heavy atom. The zero-order chi connectivity index (χ0) is 24.9. The summed E-state index contributed by atoms with van der Waals surface area (Å²) in [5, 5.41) is 11.8. The van der Waals surface area contributed by atoms with Crippen molar-refractivity contribution in [3.8, 4) is 11.8 Å². The van der Waals surface area contributed by atoms with Gasteiger partial charge in [0.15, 0.2) is 6.29 Å².